The van der Waals surface area contributed by atoms with E-state index in [-0.39, 0.29) is 0 Å². The molecule has 2 aromatic carbocycles. The van der Waals surface area contributed by atoms with Crippen molar-refractivity contribution in [3.05, 3.63) is 54.1 Å². The van der Waals surface area contributed by atoms with Gasteiger partial charge in [-0.05, 0) is 38.0 Å². The van der Waals surface area contributed by atoms with E-state index >= 15 is 0 Å². The lowest BCUT2D eigenvalue weighted by molar-refractivity contribution is -0.127. The molecular weight excluding hydrogens is 310 g/mol. The van der Waals surface area contributed by atoms with E-state index in [1.54, 1.807) is 0 Å². The number of hydrogen-bond acceptors (Lipinski definition) is 2. The SMILES string of the molecule is Cc1cccc(-c2nc3ccccc3n2CCCN2CCCC2=O)c1. The lowest BCUT2D eigenvalue weighted by atomic mass is 10.1. The van der Waals surface area contributed by atoms with Crippen molar-refractivity contribution in [2.24, 2.45) is 0 Å². The Morgan fingerprint density at radius 2 is 1.96 bits per heavy atom. The Balaban J connectivity index is 1.64. The third-order valence-electron chi connectivity index (χ3n) is 4.91. The fraction of sp³-hybridized carbons (Fsp3) is 0.333. The van der Waals surface area contributed by atoms with Crippen LogP contribution in [0.1, 0.15) is 24.8 Å². The first-order valence-electron chi connectivity index (χ1n) is 9.02. The fourth-order valence-corrected chi connectivity index (χ4v) is 3.67. The van der Waals surface area contributed by atoms with Crippen LogP contribution in [0.2, 0.25) is 0 Å². The summed E-state index contributed by atoms with van der Waals surface area (Å²) in [5.41, 5.74) is 4.57. The Morgan fingerprint density at radius 3 is 2.76 bits per heavy atom. The van der Waals surface area contributed by atoms with Gasteiger partial charge in [-0.25, -0.2) is 4.98 Å². The van der Waals surface area contributed by atoms with Gasteiger partial charge in [0.1, 0.15) is 5.82 Å². The standard InChI is InChI=1S/C21H23N3O/c1-16-7-4-8-17(15-16)21-22-18-9-2-3-10-19(18)24(21)14-6-13-23-12-5-11-20(23)25/h2-4,7-10,15H,5-6,11-14H2,1H3. The quantitative estimate of drug-likeness (QED) is 0.707. The first-order chi connectivity index (χ1) is 12.2. The topological polar surface area (TPSA) is 38.1 Å². The van der Waals surface area contributed by atoms with E-state index in [4.69, 9.17) is 4.98 Å². The minimum atomic E-state index is 0.300. The van der Waals surface area contributed by atoms with Gasteiger partial charge in [0.25, 0.3) is 0 Å². The van der Waals surface area contributed by atoms with E-state index in [9.17, 15) is 4.79 Å². The second-order valence-electron chi connectivity index (χ2n) is 6.78. The maximum Gasteiger partial charge on any atom is 0.222 e. The maximum absolute atomic E-state index is 11.8. The Hall–Kier alpha value is -2.62. The number of likely N-dealkylation sites (tertiary alicyclic amines) is 1. The molecule has 1 aromatic heterocycles. The van der Waals surface area contributed by atoms with Crippen molar-refractivity contribution in [1.29, 1.82) is 0 Å². The zero-order valence-corrected chi connectivity index (χ0v) is 14.6. The van der Waals surface area contributed by atoms with Crippen LogP contribution >= 0.6 is 0 Å². The summed E-state index contributed by atoms with van der Waals surface area (Å²) in [6, 6.07) is 16.8. The molecule has 0 radical (unpaired) electrons. The highest BCUT2D eigenvalue weighted by molar-refractivity contribution is 5.80. The molecule has 0 bridgehead atoms. The van der Waals surface area contributed by atoms with E-state index in [0.29, 0.717) is 12.3 Å². The molecule has 0 spiro atoms. The lowest BCUT2D eigenvalue weighted by Gasteiger charge is -2.16. The van der Waals surface area contributed by atoms with Crippen LogP contribution in [-0.4, -0.2) is 33.4 Å². The molecule has 2 heterocycles. The number of hydrogen-bond donors (Lipinski definition) is 0. The molecule has 25 heavy (non-hydrogen) atoms. The average molecular weight is 333 g/mol. The van der Waals surface area contributed by atoms with Crippen LogP contribution in [0.25, 0.3) is 22.4 Å². The van der Waals surface area contributed by atoms with E-state index in [1.807, 2.05) is 11.0 Å². The van der Waals surface area contributed by atoms with Gasteiger partial charge in [-0.1, -0.05) is 35.9 Å². The van der Waals surface area contributed by atoms with Gasteiger partial charge in [-0.2, -0.15) is 0 Å². The van der Waals surface area contributed by atoms with E-state index in [0.717, 1.165) is 54.9 Å². The number of imidazole rings is 1. The molecule has 1 aliphatic rings. The third-order valence-corrected chi connectivity index (χ3v) is 4.91. The molecular formula is C21H23N3O. The number of benzene rings is 2. The van der Waals surface area contributed by atoms with Crippen molar-refractivity contribution in [2.45, 2.75) is 32.7 Å². The van der Waals surface area contributed by atoms with Crippen molar-refractivity contribution in [3.63, 3.8) is 0 Å². The van der Waals surface area contributed by atoms with Gasteiger partial charge >= 0.3 is 0 Å². The molecule has 4 rings (SSSR count). The summed E-state index contributed by atoms with van der Waals surface area (Å²) in [5, 5.41) is 0. The zero-order valence-electron chi connectivity index (χ0n) is 14.6. The summed E-state index contributed by atoms with van der Waals surface area (Å²) in [4.78, 5) is 18.7. The fourth-order valence-electron chi connectivity index (χ4n) is 3.67. The van der Waals surface area contributed by atoms with E-state index in [1.165, 1.54) is 5.56 Å². The molecule has 1 saturated heterocycles. The molecule has 0 N–H and O–H groups in total. The van der Waals surface area contributed by atoms with Gasteiger partial charge in [0.15, 0.2) is 0 Å². The predicted molar refractivity (Wildman–Crippen MR) is 100 cm³/mol. The van der Waals surface area contributed by atoms with Crippen LogP contribution in [0, 0.1) is 6.92 Å². The number of fused-ring (bicyclic) bond motifs is 1. The smallest absolute Gasteiger partial charge is 0.222 e. The van der Waals surface area contributed by atoms with Crippen LogP contribution in [0.15, 0.2) is 48.5 Å². The highest BCUT2D eigenvalue weighted by atomic mass is 16.2. The van der Waals surface area contributed by atoms with Gasteiger partial charge in [-0.15, -0.1) is 0 Å². The summed E-state index contributed by atoms with van der Waals surface area (Å²) in [5.74, 6) is 1.31. The van der Waals surface area contributed by atoms with Crippen LogP contribution in [0.3, 0.4) is 0 Å². The average Bonchev–Trinajstić information content (AvgIpc) is 3.19. The first kappa shape index (κ1) is 15.9. The minimum absolute atomic E-state index is 0.300. The summed E-state index contributed by atoms with van der Waals surface area (Å²) < 4.78 is 2.30. The second-order valence-corrected chi connectivity index (χ2v) is 6.78. The van der Waals surface area contributed by atoms with Crippen LogP contribution in [0.4, 0.5) is 0 Å². The number of nitrogens with zero attached hydrogens (tertiary/aromatic N) is 3. The minimum Gasteiger partial charge on any atom is -0.343 e. The van der Waals surface area contributed by atoms with Crippen molar-refractivity contribution < 1.29 is 4.79 Å². The van der Waals surface area contributed by atoms with E-state index < -0.39 is 0 Å². The van der Waals surface area contributed by atoms with Crippen molar-refractivity contribution in [1.82, 2.24) is 14.5 Å². The molecule has 0 aliphatic carbocycles. The monoisotopic (exact) mass is 333 g/mol. The molecule has 1 fully saturated rings. The molecule has 128 valence electrons. The van der Waals surface area contributed by atoms with Gasteiger partial charge in [-0.3, -0.25) is 4.79 Å². The molecule has 3 aromatic rings. The van der Waals surface area contributed by atoms with Crippen LogP contribution in [0.5, 0.6) is 0 Å². The van der Waals surface area contributed by atoms with Crippen molar-refractivity contribution >= 4 is 16.9 Å². The number of amides is 1. The predicted octanol–water partition coefficient (Wildman–Crippen LogP) is 4.02. The van der Waals surface area contributed by atoms with Crippen molar-refractivity contribution in [2.75, 3.05) is 13.1 Å². The normalized spacial score (nSPS) is 14.6. The Bertz CT molecular complexity index is 912. The van der Waals surface area contributed by atoms with Gasteiger partial charge in [0.2, 0.25) is 5.91 Å². The second kappa shape index (κ2) is 6.71. The molecule has 0 saturated carbocycles. The summed E-state index contributed by atoms with van der Waals surface area (Å²) in [6.45, 7) is 4.72. The summed E-state index contributed by atoms with van der Waals surface area (Å²) in [6.07, 6.45) is 2.66. The summed E-state index contributed by atoms with van der Waals surface area (Å²) >= 11 is 0. The molecule has 4 nitrogen and oxygen atoms in total. The third kappa shape index (κ3) is 3.16. The Kier molecular flexibility index (Phi) is 4.26. The highest BCUT2D eigenvalue weighted by Gasteiger charge is 2.19. The largest absolute Gasteiger partial charge is 0.343 e. The molecule has 1 amide bonds. The molecule has 0 unspecified atom stereocenters. The van der Waals surface area contributed by atoms with Gasteiger partial charge in [0.05, 0.1) is 11.0 Å². The number of para-hydroxylation sites is 2. The number of aromatic nitrogens is 2. The zero-order chi connectivity index (χ0) is 17.2. The van der Waals surface area contributed by atoms with Crippen molar-refractivity contribution in [3.8, 4) is 11.4 Å². The Morgan fingerprint density at radius 1 is 1.08 bits per heavy atom. The van der Waals surface area contributed by atoms with Gasteiger partial charge in [0, 0.05) is 31.6 Å². The lowest BCUT2D eigenvalue weighted by Crippen LogP contribution is -2.26. The Labute approximate surface area is 148 Å². The maximum atomic E-state index is 11.8. The number of rotatable bonds is 5. The highest BCUT2D eigenvalue weighted by Crippen LogP contribution is 2.26. The van der Waals surface area contributed by atoms with E-state index in [2.05, 4.69) is 54.0 Å². The molecule has 0 atom stereocenters. The first-order valence-corrected chi connectivity index (χ1v) is 9.02. The summed E-state index contributed by atoms with van der Waals surface area (Å²) in [7, 11) is 0. The number of carbonyl (C=O) groups excluding carboxylic acids is 1. The van der Waals surface area contributed by atoms with Gasteiger partial charge < -0.3 is 9.47 Å². The van der Waals surface area contributed by atoms with Crippen LogP contribution in [-0.2, 0) is 11.3 Å². The number of aryl methyl sites for hydroxylation is 2. The molecule has 4 heteroatoms. The number of carbonyl (C=O) groups is 1. The van der Waals surface area contributed by atoms with Crippen LogP contribution < -0.4 is 0 Å². The molecule has 1 aliphatic heterocycles.